The minimum absolute atomic E-state index is 0.0301. The topological polar surface area (TPSA) is 0 Å². The first-order valence-corrected chi connectivity index (χ1v) is 4.74. The molecule has 0 spiro atoms. The Morgan fingerprint density at radius 3 is 2.31 bits per heavy atom. The van der Waals surface area contributed by atoms with E-state index in [1.165, 1.54) is 0 Å². The lowest BCUT2D eigenvalue weighted by Crippen LogP contribution is -2.14. The Morgan fingerprint density at radius 1 is 1.23 bits per heavy atom. The minimum Gasteiger partial charge on any atom is -0.206 e. The lowest BCUT2D eigenvalue weighted by atomic mass is 9.85. The van der Waals surface area contributed by atoms with Crippen LogP contribution in [0.25, 0.3) is 0 Å². The summed E-state index contributed by atoms with van der Waals surface area (Å²) in [7, 11) is 0. The maximum atomic E-state index is 13.8. The molecule has 0 aromatic heterocycles. The highest BCUT2D eigenvalue weighted by molar-refractivity contribution is 5.30. The summed E-state index contributed by atoms with van der Waals surface area (Å²) in [5.41, 5.74) is 1.52. The summed E-state index contributed by atoms with van der Waals surface area (Å²) in [6.07, 6.45) is 0.760. The summed E-state index contributed by atoms with van der Waals surface area (Å²) in [4.78, 5) is 0. The van der Waals surface area contributed by atoms with Crippen LogP contribution < -0.4 is 0 Å². The third kappa shape index (κ3) is 2.09. The van der Waals surface area contributed by atoms with Crippen molar-refractivity contribution in [1.82, 2.24) is 0 Å². The van der Waals surface area contributed by atoms with Crippen molar-refractivity contribution in [1.29, 1.82) is 0 Å². The zero-order valence-electron chi connectivity index (χ0n) is 8.82. The average Bonchev–Trinajstić information content (AvgIpc) is 2.02. The molecule has 0 radical (unpaired) electrons. The van der Waals surface area contributed by atoms with Crippen LogP contribution in [0.15, 0.2) is 18.2 Å². The highest BCUT2D eigenvalue weighted by Gasteiger charge is 2.19. The van der Waals surface area contributed by atoms with E-state index in [4.69, 9.17) is 0 Å². The minimum atomic E-state index is -0.102. The fourth-order valence-corrected chi connectivity index (χ4v) is 1.43. The van der Waals surface area contributed by atoms with E-state index in [0.29, 0.717) is 0 Å². The van der Waals surface area contributed by atoms with Crippen LogP contribution in [0.5, 0.6) is 0 Å². The van der Waals surface area contributed by atoms with Crippen molar-refractivity contribution in [2.45, 2.75) is 39.5 Å². The van der Waals surface area contributed by atoms with Gasteiger partial charge in [0, 0.05) is 0 Å². The molecule has 0 amide bonds. The lowest BCUT2D eigenvalue weighted by molar-refractivity contribution is 0.516. The molecular formula is C12H17F. The van der Waals surface area contributed by atoms with Gasteiger partial charge in [0.15, 0.2) is 0 Å². The highest BCUT2D eigenvalue weighted by Crippen LogP contribution is 2.26. The first-order valence-electron chi connectivity index (χ1n) is 4.74. The van der Waals surface area contributed by atoms with Crippen molar-refractivity contribution in [2.24, 2.45) is 0 Å². The van der Waals surface area contributed by atoms with Crippen LogP contribution in [-0.2, 0) is 11.8 Å². The summed E-state index contributed by atoms with van der Waals surface area (Å²) >= 11 is 0. The second kappa shape index (κ2) is 3.49. The molecule has 0 aliphatic rings. The molecule has 0 unspecified atom stereocenters. The highest BCUT2D eigenvalue weighted by atomic mass is 19.1. The summed E-state index contributed by atoms with van der Waals surface area (Å²) in [5, 5.41) is 0. The maximum Gasteiger partial charge on any atom is 0.130 e. The van der Waals surface area contributed by atoms with Crippen molar-refractivity contribution in [3.8, 4) is 0 Å². The number of benzene rings is 1. The lowest BCUT2D eigenvalue weighted by Gasteiger charge is -2.20. The molecule has 1 aromatic rings. The molecule has 1 aromatic carbocycles. The molecule has 0 aliphatic heterocycles. The second-order valence-electron chi connectivity index (χ2n) is 4.38. The molecule has 0 bridgehead atoms. The Labute approximate surface area is 79.8 Å². The number of halogens is 1. The van der Waals surface area contributed by atoms with Crippen LogP contribution in [0.3, 0.4) is 0 Å². The van der Waals surface area contributed by atoms with Gasteiger partial charge in [-0.1, -0.05) is 45.9 Å². The van der Waals surface area contributed by atoms with E-state index in [1.807, 2.05) is 45.9 Å². The second-order valence-corrected chi connectivity index (χ2v) is 4.38. The Balaban J connectivity index is 3.24. The number of hydrogen-bond acceptors (Lipinski definition) is 0. The van der Waals surface area contributed by atoms with Gasteiger partial charge in [-0.2, -0.15) is 0 Å². The third-order valence-corrected chi connectivity index (χ3v) is 2.27. The summed E-state index contributed by atoms with van der Waals surface area (Å²) in [5.74, 6) is -0.0301. The Morgan fingerprint density at radius 2 is 1.85 bits per heavy atom. The fraction of sp³-hybridized carbons (Fsp3) is 0.500. The fourth-order valence-electron chi connectivity index (χ4n) is 1.43. The van der Waals surface area contributed by atoms with Crippen LogP contribution in [-0.4, -0.2) is 0 Å². The predicted octanol–water partition coefficient (Wildman–Crippen LogP) is 3.69. The monoisotopic (exact) mass is 180 g/mol. The Bertz CT molecular complexity index is 294. The molecule has 1 heteroatoms. The molecule has 13 heavy (non-hydrogen) atoms. The van der Waals surface area contributed by atoms with Gasteiger partial charge in [-0.15, -0.1) is 0 Å². The summed E-state index contributed by atoms with van der Waals surface area (Å²) in [6.45, 7) is 8.07. The first-order chi connectivity index (χ1) is 5.96. The van der Waals surface area contributed by atoms with Crippen LogP contribution in [0.2, 0.25) is 0 Å². The van der Waals surface area contributed by atoms with E-state index in [0.717, 1.165) is 17.5 Å². The third-order valence-electron chi connectivity index (χ3n) is 2.27. The van der Waals surface area contributed by atoms with Gasteiger partial charge in [-0.05, 0) is 23.0 Å². The molecule has 0 heterocycles. The van der Waals surface area contributed by atoms with Crippen LogP contribution in [0.4, 0.5) is 4.39 Å². The Hall–Kier alpha value is -0.850. The molecule has 0 N–H and O–H groups in total. The van der Waals surface area contributed by atoms with Crippen LogP contribution in [0, 0.1) is 5.82 Å². The standard InChI is InChI=1S/C12H17F/c1-5-9-7-6-8-10(11(9)13)12(2,3)4/h6-8H,5H2,1-4H3. The normalized spacial score (nSPS) is 11.8. The number of hydrogen-bond donors (Lipinski definition) is 0. The van der Waals surface area contributed by atoms with Crippen molar-refractivity contribution in [3.05, 3.63) is 35.1 Å². The SMILES string of the molecule is CCc1cccc(C(C)(C)C)c1F. The Kier molecular flexibility index (Phi) is 2.74. The predicted molar refractivity (Wildman–Crippen MR) is 54.5 cm³/mol. The molecule has 72 valence electrons. The van der Waals surface area contributed by atoms with Crippen molar-refractivity contribution < 1.29 is 4.39 Å². The van der Waals surface area contributed by atoms with Crippen LogP contribution in [0.1, 0.15) is 38.8 Å². The zero-order valence-corrected chi connectivity index (χ0v) is 8.82. The van der Waals surface area contributed by atoms with E-state index in [1.54, 1.807) is 0 Å². The van der Waals surface area contributed by atoms with E-state index in [-0.39, 0.29) is 11.2 Å². The summed E-state index contributed by atoms with van der Waals surface area (Å²) < 4.78 is 13.8. The van der Waals surface area contributed by atoms with E-state index in [9.17, 15) is 4.39 Å². The van der Waals surface area contributed by atoms with Crippen molar-refractivity contribution in [3.63, 3.8) is 0 Å². The van der Waals surface area contributed by atoms with Crippen molar-refractivity contribution in [2.75, 3.05) is 0 Å². The maximum absolute atomic E-state index is 13.8. The molecule has 0 saturated carbocycles. The van der Waals surface area contributed by atoms with Gasteiger partial charge >= 0.3 is 0 Å². The van der Waals surface area contributed by atoms with E-state index < -0.39 is 0 Å². The first kappa shape index (κ1) is 10.2. The van der Waals surface area contributed by atoms with Gasteiger partial charge in [0.2, 0.25) is 0 Å². The zero-order chi connectivity index (χ0) is 10.1. The molecule has 0 nitrogen and oxygen atoms in total. The van der Waals surface area contributed by atoms with E-state index in [2.05, 4.69) is 0 Å². The molecule has 0 atom stereocenters. The number of rotatable bonds is 1. The molecule has 0 aliphatic carbocycles. The van der Waals surface area contributed by atoms with Gasteiger partial charge < -0.3 is 0 Å². The van der Waals surface area contributed by atoms with Gasteiger partial charge in [-0.3, -0.25) is 0 Å². The molecule has 0 saturated heterocycles. The number of aryl methyl sites for hydroxylation is 1. The van der Waals surface area contributed by atoms with Crippen LogP contribution >= 0.6 is 0 Å². The van der Waals surface area contributed by atoms with Gasteiger partial charge in [0.25, 0.3) is 0 Å². The van der Waals surface area contributed by atoms with Gasteiger partial charge in [-0.25, -0.2) is 4.39 Å². The van der Waals surface area contributed by atoms with E-state index >= 15 is 0 Å². The quantitative estimate of drug-likeness (QED) is 0.618. The molecule has 0 fully saturated rings. The smallest absolute Gasteiger partial charge is 0.130 e. The van der Waals surface area contributed by atoms with Gasteiger partial charge in [0.05, 0.1) is 0 Å². The largest absolute Gasteiger partial charge is 0.206 e. The summed E-state index contributed by atoms with van der Waals surface area (Å²) in [6, 6.07) is 5.65. The molecule has 1 rings (SSSR count). The molecular weight excluding hydrogens is 163 g/mol. The van der Waals surface area contributed by atoms with Gasteiger partial charge in [0.1, 0.15) is 5.82 Å². The van der Waals surface area contributed by atoms with Crippen molar-refractivity contribution >= 4 is 0 Å². The average molecular weight is 180 g/mol.